The number of carbonyl (C=O) groups is 1. The summed E-state index contributed by atoms with van der Waals surface area (Å²) >= 11 is 0. The van der Waals surface area contributed by atoms with E-state index in [1.165, 1.54) is 6.33 Å². The lowest BCUT2D eigenvalue weighted by Gasteiger charge is -2.21. The molecule has 0 saturated heterocycles. The maximum absolute atomic E-state index is 11.6. The van der Waals surface area contributed by atoms with Crippen molar-refractivity contribution in [3.8, 4) is 0 Å². The first-order valence-corrected chi connectivity index (χ1v) is 4.51. The van der Waals surface area contributed by atoms with Gasteiger partial charge in [0, 0.05) is 18.0 Å². The number of aromatic nitrogens is 2. The normalized spacial score (nSPS) is 11.1. The second kappa shape index (κ2) is 4.17. The van der Waals surface area contributed by atoms with Gasteiger partial charge in [-0.3, -0.25) is 4.79 Å². The van der Waals surface area contributed by atoms with E-state index in [0.29, 0.717) is 6.61 Å². The Morgan fingerprint density at radius 1 is 1.43 bits per heavy atom. The molecule has 0 amide bonds. The molecule has 0 spiro atoms. The maximum Gasteiger partial charge on any atom is 0.316 e. The molecule has 0 aliphatic heterocycles. The van der Waals surface area contributed by atoms with Crippen LogP contribution in [-0.2, 0) is 14.9 Å². The first-order chi connectivity index (χ1) is 6.59. The number of hydrogen-bond donors (Lipinski definition) is 0. The van der Waals surface area contributed by atoms with Crippen LogP contribution in [0.4, 0.5) is 0 Å². The molecule has 0 radical (unpaired) electrons. The summed E-state index contributed by atoms with van der Waals surface area (Å²) in [6, 6.07) is 0. The third-order valence-electron chi connectivity index (χ3n) is 2.07. The molecule has 1 rings (SSSR count). The molecule has 14 heavy (non-hydrogen) atoms. The molecule has 0 unspecified atom stereocenters. The number of ether oxygens (including phenoxy) is 1. The zero-order valence-corrected chi connectivity index (χ0v) is 8.65. The van der Waals surface area contributed by atoms with E-state index in [1.807, 2.05) is 0 Å². The maximum atomic E-state index is 11.6. The number of rotatable bonds is 3. The largest absolute Gasteiger partial charge is 0.465 e. The molecule has 0 aromatic carbocycles. The lowest BCUT2D eigenvalue weighted by atomic mass is 9.87. The molecule has 1 heterocycles. The fraction of sp³-hybridized carbons (Fsp3) is 0.500. The molecule has 4 heteroatoms. The van der Waals surface area contributed by atoms with E-state index >= 15 is 0 Å². The Labute approximate surface area is 83.3 Å². The van der Waals surface area contributed by atoms with Crippen LogP contribution in [0.25, 0.3) is 0 Å². The van der Waals surface area contributed by atoms with Gasteiger partial charge in [0.25, 0.3) is 0 Å². The van der Waals surface area contributed by atoms with E-state index in [-0.39, 0.29) is 5.97 Å². The highest BCUT2D eigenvalue weighted by Gasteiger charge is 2.31. The molecule has 0 fully saturated rings. The average Bonchev–Trinajstić information content (AvgIpc) is 2.19. The summed E-state index contributed by atoms with van der Waals surface area (Å²) in [5.74, 6) is -0.255. The third kappa shape index (κ3) is 2.07. The monoisotopic (exact) mass is 194 g/mol. The fourth-order valence-corrected chi connectivity index (χ4v) is 1.05. The highest BCUT2D eigenvalue weighted by molar-refractivity contribution is 5.81. The Morgan fingerprint density at radius 3 is 2.50 bits per heavy atom. The van der Waals surface area contributed by atoms with Crippen molar-refractivity contribution in [1.82, 2.24) is 9.97 Å². The number of carbonyl (C=O) groups excluding carboxylic acids is 1. The summed E-state index contributed by atoms with van der Waals surface area (Å²) in [7, 11) is 0. The van der Waals surface area contributed by atoms with Crippen LogP contribution in [0.3, 0.4) is 0 Å². The Hall–Kier alpha value is -1.45. The molecule has 0 atom stereocenters. The number of esters is 1. The van der Waals surface area contributed by atoms with Gasteiger partial charge in [0.1, 0.15) is 6.33 Å². The lowest BCUT2D eigenvalue weighted by Crippen LogP contribution is -2.31. The predicted molar refractivity (Wildman–Crippen MR) is 51.7 cm³/mol. The van der Waals surface area contributed by atoms with Crippen LogP contribution in [0.2, 0.25) is 0 Å². The van der Waals surface area contributed by atoms with E-state index in [9.17, 15) is 4.79 Å². The topological polar surface area (TPSA) is 52.1 Å². The summed E-state index contributed by atoms with van der Waals surface area (Å²) in [4.78, 5) is 19.3. The molecule has 4 nitrogen and oxygen atoms in total. The molecule has 0 aliphatic carbocycles. The standard InChI is InChI=1S/C10H14N2O2/c1-4-14-9(13)10(2,3)8-5-11-7-12-6-8/h5-7H,4H2,1-3H3. The molecular formula is C10H14N2O2. The first-order valence-electron chi connectivity index (χ1n) is 4.51. The van der Waals surface area contributed by atoms with Crippen LogP contribution in [0.5, 0.6) is 0 Å². The van der Waals surface area contributed by atoms with Crippen molar-refractivity contribution in [2.75, 3.05) is 6.61 Å². The Bertz CT molecular complexity index is 309. The second-order valence-electron chi connectivity index (χ2n) is 3.47. The van der Waals surface area contributed by atoms with Gasteiger partial charge in [-0.2, -0.15) is 0 Å². The van der Waals surface area contributed by atoms with E-state index in [0.717, 1.165) is 5.56 Å². The molecule has 0 aliphatic rings. The summed E-state index contributed by atoms with van der Waals surface area (Å²) in [5, 5.41) is 0. The van der Waals surface area contributed by atoms with Crippen LogP contribution in [-0.4, -0.2) is 22.5 Å². The zero-order valence-electron chi connectivity index (χ0n) is 8.65. The van der Waals surface area contributed by atoms with Crippen LogP contribution in [0.15, 0.2) is 18.7 Å². The molecule has 76 valence electrons. The summed E-state index contributed by atoms with van der Waals surface area (Å²) < 4.78 is 4.97. The molecule has 0 N–H and O–H groups in total. The molecule has 1 aromatic heterocycles. The Kier molecular flexibility index (Phi) is 3.17. The van der Waals surface area contributed by atoms with Crippen molar-refractivity contribution < 1.29 is 9.53 Å². The van der Waals surface area contributed by atoms with Crippen LogP contribution in [0, 0.1) is 0 Å². The Morgan fingerprint density at radius 2 is 2.00 bits per heavy atom. The highest BCUT2D eigenvalue weighted by atomic mass is 16.5. The smallest absolute Gasteiger partial charge is 0.316 e. The van der Waals surface area contributed by atoms with E-state index in [1.54, 1.807) is 33.2 Å². The summed E-state index contributed by atoms with van der Waals surface area (Å²) in [6.07, 6.45) is 4.69. The molecule has 1 aromatic rings. The third-order valence-corrected chi connectivity index (χ3v) is 2.07. The molecule has 0 saturated carbocycles. The van der Waals surface area contributed by atoms with Crippen molar-refractivity contribution in [1.29, 1.82) is 0 Å². The van der Waals surface area contributed by atoms with E-state index in [4.69, 9.17) is 4.74 Å². The molecule has 0 bridgehead atoms. The van der Waals surface area contributed by atoms with Gasteiger partial charge in [-0.25, -0.2) is 9.97 Å². The van der Waals surface area contributed by atoms with Gasteiger partial charge in [-0.1, -0.05) is 0 Å². The molecular weight excluding hydrogens is 180 g/mol. The van der Waals surface area contributed by atoms with E-state index < -0.39 is 5.41 Å². The minimum Gasteiger partial charge on any atom is -0.465 e. The zero-order chi connectivity index (χ0) is 10.6. The number of hydrogen-bond acceptors (Lipinski definition) is 4. The van der Waals surface area contributed by atoms with Crippen molar-refractivity contribution in [3.05, 3.63) is 24.3 Å². The van der Waals surface area contributed by atoms with Gasteiger partial charge in [0.2, 0.25) is 0 Å². The van der Waals surface area contributed by atoms with Crippen LogP contribution >= 0.6 is 0 Å². The SMILES string of the molecule is CCOC(=O)C(C)(C)c1cncnc1. The summed E-state index contributed by atoms with van der Waals surface area (Å²) in [6.45, 7) is 5.76. The van der Waals surface area contributed by atoms with Gasteiger partial charge in [0.05, 0.1) is 12.0 Å². The van der Waals surface area contributed by atoms with Crippen molar-refractivity contribution in [2.45, 2.75) is 26.2 Å². The second-order valence-corrected chi connectivity index (χ2v) is 3.47. The van der Waals surface area contributed by atoms with Gasteiger partial charge in [-0.05, 0) is 20.8 Å². The van der Waals surface area contributed by atoms with Crippen molar-refractivity contribution in [2.24, 2.45) is 0 Å². The van der Waals surface area contributed by atoms with Crippen LogP contribution < -0.4 is 0 Å². The van der Waals surface area contributed by atoms with Crippen LogP contribution in [0.1, 0.15) is 26.3 Å². The van der Waals surface area contributed by atoms with Gasteiger partial charge in [-0.15, -0.1) is 0 Å². The van der Waals surface area contributed by atoms with Crippen molar-refractivity contribution in [3.63, 3.8) is 0 Å². The highest BCUT2D eigenvalue weighted by Crippen LogP contribution is 2.22. The Balaban J connectivity index is 2.90. The van der Waals surface area contributed by atoms with Crippen molar-refractivity contribution >= 4 is 5.97 Å². The van der Waals surface area contributed by atoms with Gasteiger partial charge in [0.15, 0.2) is 0 Å². The van der Waals surface area contributed by atoms with Gasteiger partial charge >= 0.3 is 5.97 Å². The van der Waals surface area contributed by atoms with Gasteiger partial charge < -0.3 is 4.74 Å². The summed E-state index contributed by atoms with van der Waals surface area (Å²) in [5.41, 5.74) is 0.0792. The lowest BCUT2D eigenvalue weighted by molar-refractivity contribution is -0.148. The minimum absolute atomic E-state index is 0.255. The average molecular weight is 194 g/mol. The quantitative estimate of drug-likeness (QED) is 0.681. The van der Waals surface area contributed by atoms with E-state index in [2.05, 4.69) is 9.97 Å². The number of nitrogens with zero attached hydrogens (tertiary/aromatic N) is 2. The fourth-order valence-electron chi connectivity index (χ4n) is 1.05. The minimum atomic E-state index is -0.683. The first kappa shape index (κ1) is 10.6. The predicted octanol–water partition coefficient (Wildman–Crippen LogP) is 1.32.